The highest BCUT2D eigenvalue weighted by atomic mass is 32.2. The molecular formula is C23H33N3O6S. The Bertz CT molecular complexity index is 783. The molecular weight excluding hydrogens is 446 g/mol. The van der Waals surface area contributed by atoms with Crippen LogP contribution in [0, 0.1) is 0 Å². The Morgan fingerprint density at radius 2 is 2.00 bits per heavy atom. The molecule has 0 radical (unpaired) electrons. The van der Waals surface area contributed by atoms with Crippen molar-refractivity contribution in [2.24, 2.45) is 0 Å². The van der Waals surface area contributed by atoms with E-state index in [1.807, 2.05) is 24.3 Å². The zero-order valence-corrected chi connectivity index (χ0v) is 19.7. The molecule has 0 spiro atoms. The van der Waals surface area contributed by atoms with Crippen molar-refractivity contribution in [2.45, 2.75) is 38.6 Å². The molecule has 0 saturated carbocycles. The van der Waals surface area contributed by atoms with Gasteiger partial charge in [0.2, 0.25) is 11.8 Å². The number of nitrogens with one attached hydrogen (secondary N) is 1. The van der Waals surface area contributed by atoms with Crippen LogP contribution in [0.25, 0.3) is 0 Å². The molecule has 0 atom stereocenters. The van der Waals surface area contributed by atoms with E-state index in [4.69, 9.17) is 14.6 Å². The lowest BCUT2D eigenvalue weighted by molar-refractivity contribution is -0.147. The first kappa shape index (κ1) is 26.7. The molecule has 1 amide bonds. The SMILES string of the molecule is O=C(O)CCC(=O)OCCSCC(=O)NC/C=C\COc1cc(CN2CCCCC2)ccn1. The molecule has 2 heterocycles. The lowest BCUT2D eigenvalue weighted by atomic mass is 10.1. The van der Waals surface area contributed by atoms with E-state index < -0.39 is 11.9 Å². The van der Waals surface area contributed by atoms with Crippen molar-refractivity contribution in [2.75, 3.05) is 44.4 Å². The number of aromatic nitrogens is 1. The van der Waals surface area contributed by atoms with Crippen LogP contribution in [0.1, 0.15) is 37.7 Å². The third kappa shape index (κ3) is 12.9. The molecule has 0 unspecified atom stereocenters. The summed E-state index contributed by atoms with van der Waals surface area (Å²) >= 11 is 1.34. The van der Waals surface area contributed by atoms with Gasteiger partial charge in [-0.2, -0.15) is 0 Å². The molecule has 1 aliphatic rings. The van der Waals surface area contributed by atoms with Crippen LogP contribution in [0.2, 0.25) is 0 Å². The zero-order chi connectivity index (χ0) is 23.7. The topological polar surface area (TPSA) is 118 Å². The Morgan fingerprint density at radius 3 is 2.79 bits per heavy atom. The molecule has 1 saturated heterocycles. The molecule has 1 aromatic heterocycles. The number of pyridine rings is 1. The number of aliphatic carboxylic acids is 1. The summed E-state index contributed by atoms with van der Waals surface area (Å²) in [5.74, 6) is -0.371. The van der Waals surface area contributed by atoms with Crippen LogP contribution >= 0.6 is 11.8 Å². The molecule has 0 bridgehead atoms. The number of hydrogen-bond acceptors (Lipinski definition) is 8. The summed E-state index contributed by atoms with van der Waals surface area (Å²) in [7, 11) is 0. The fourth-order valence-electron chi connectivity index (χ4n) is 3.17. The van der Waals surface area contributed by atoms with Crippen molar-refractivity contribution in [3.8, 4) is 5.88 Å². The molecule has 182 valence electrons. The minimum absolute atomic E-state index is 0.116. The van der Waals surface area contributed by atoms with Gasteiger partial charge in [0.1, 0.15) is 13.2 Å². The Labute approximate surface area is 198 Å². The number of carbonyl (C=O) groups excluding carboxylic acids is 2. The maximum absolute atomic E-state index is 11.8. The first-order valence-electron chi connectivity index (χ1n) is 11.2. The quantitative estimate of drug-likeness (QED) is 0.222. The van der Waals surface area contributed by atoms with E-state index in [1.165, 1.54) is 36.6 Å². The fraction of sp³-hybridized carbons (Fsp3) is 0.565. The van der Waals surface area contributed by atoms with E-state index in [1.54, 1.807) is 6.20 Å². The standard InChI is InChI=1S/C23H33N3O6S/c27-20(18-33-15-14-32-23(30)7-6-22(28)29)24-9-2-5-13-31-21-16-19(8-10-25-21)17-26-11-3-1-4-12-26/h2,5,8,10,16H,1,3-4,6-7,9,11-15,17-18H2,(H,24,27)(H,28,29)/b5-2-. The average molecular weight is 480 g/mol. The van der Waals surface area contributed by atoms with Crippen LogP contribution < -0.4 is 10.1 Å². The first-order valence-corrected chi connectivity index (χ1v) is 12.4. The number of carbonyl (C=O) groups is 3. The van der Waals surface area contributed by atoms with Crippen LogP contribution in [0.4, 0.5) is 0 Å². The first-order chi connectivity index (χ1) is 16.0. The molecule has 1 aliphatic heterocycles. The van der Waals surface area contributed by atoms with Gasteiger partial charge in [0.25, 0.3) is 0 Å². The van der Waals surface area contributed by atoms with Crippen molar-refractivity contribution in [1.82, 2.24) is 15.2 Å². The number of hydrogen-bond donors (Lipinski definition) is 2. The highest BCUT2D eigenvalue weighted by Gasteiger charge is 2.11. The van der Waals surface area contributed by atoms with Crippen molar-refractivity contribution < 1.29 is 29.0 Å². The van der Waals surface area contributed by atoms with E-state index in [9.17, 15) is 14.4 Å². The number of rotatable bonds is 15. The summed E-state index contributed by atoms with van der Waals surface area (Å²) in [6.07, 6.45) is 8.90. The summed E-state index contributed by atoms with van der Waals surface area (Å²) < 4.78 is 10.6. The minimum Gasteiger partial charge on any atom is -0.481 e. The van der Waals surface area contributed by atoms with Gasteiger partial charge in [-0.25, -0.2) is 4.98 Å². The zero-order valence-electron chi connectivity index (χ0n) is 18.9. The predicted molar refractivity (Wildman–Crippen MR) is 126 cm³/mol. The maximum Gasteiger partial charge on any atom is 0.306 e. The molecule has 33 heavy (non-hydrogen) atoms. The van der Waals surface area contributed by atoms with Crippen LogP contribution in [-0.2, 0) is 25.7 Å². The Balaban J connectivity index is 1.50. The van der Waals surface area contributed by atoms with Crippen molar-refractivity contribution in [3.05, 3.63) is 36.0 Å². The normalized spacial score (nSPS) is 14.2. The van der Waals surface area contributed by atoms with Gasteiger partial charge in [0.05, 0.1) is 18.6 Å². The second-order valence-corrected chi connectivity index (χ2v) is 8.70. The number of esters is 1. The second kappa shape index (κ2) is 16.1. The Kier molecular flexibility index (Phi) is 13.0. The molecule has 10 heteroatoms. The summed E-state index contributed by atoms with van der Waals surface area (Å²) in [6.45, 7) is 4.14. The van der Waals surface area contributed by atoms with Crippen LogP contribution in [0.5, 0.6) is 5.88 Å². The monoisotopic (exact) mass is 479 g/mol. The highest BCUT2D eigenvalue weighted by molar-refractivity contribution is 7.99. The van der Waals surface area contributed by atoms with Crippen LogP contribution in [0.3, 0.4) is 0 Å². The summed E-state index contributed by atoms with van der Waals surface area (Å²) in [5, 5.41) is 11.3. The van der Waals surface area contributed by atoms with Crippen molar-refractivity contribution in [3.63, 3.8) is 0 Å². The molecule has 2 N–H and O–H groups in total. The molecule has 0 aliphatic carbocycles. The third-order valence-corrected chi connectivity index (χ3v) is 5.75. The molecule has 2 rings (SSSR count). The predicted octanol–water partition coefficient (Wildman–Crippen LogP) is 2.26. The van der Waals surface area contributed by atoms with Gasteiger partial charge in [-0.3, -0.25) is 19.3 Å². The number of nitrogens with zero attached hydrogens (tertiary/aromatic N) is 2. The summed E-state index contributed by atoms with van der Waals surface area (Å²) in [4.78, 5) is 40.1. The van der Waals surface area contributed by atoms with Gasteiger partial charge in [-0.1, -0.05) is 12.5 Å². The van der Waals surface area contributed by atoms with E-state index >= 15 is 0 Å². The molecule has 1 fully saturated rings. The largest absolute Gasteiger partial charge is 0.481 e. The highest BCUT2D eigenvalue weighted by Crippen LogP contribution is 2.15. The van der Waals surface area contributed by atoms with Gasteiger partial charge < -0.3 is 19.9 Å². The number of likely N-dealkylation sites (tertiary alicyclic amines) is 1. The van der Waals surface area contributed by atoms with Crippen molar-refractivity contribution in [1.29, 1.82) is 0 Å². The number of carboxylic acids is 1. The van der Waals surface area contributed by atoms with Crippen molar-refractivity contribution >= 4 is 29.6 Å². The fourth-order valence-corrected chi connectivity index (χ4v) is 3.81. The van der Waals surface area contributed by atoms with E-state index in [2.05, 4.69) is 15.2 Å². The summed E-state index contributed by atoms with van der Waals surface area (Å²) in [6, 6.07) is 4.00. The number of thioether (sulfide) groups is 1. The van der Waals surface area contributed by atoms with Gasteiger partial charge in [-0.05, 0) is 43.6 Å². The van der Waals surface area contributed by atoms with Gasteiger partial charge in [-0.15, -0.1) is 11.8 Å². The number of ether oxygens (including phenoxy) is 2. The van der Waals surface area contributed by atoms with Gasteiger partial charge in [0, 0.05) is 31.1 Å². The van der Waals surface area contributed by atoms with Crippen LogP contribution in [0.15, 0.2) is 30.5 Å². The Morgan fingerprint density at radius 1 is 1.18 bits per heavy atom. The number of carboxylic acid groups (broad SMARTS) is 1. The van der Waals surface area contributed by atoms with Gasteiger partial charge >= 0.3 is 11.9 Å². The number of amides is 1. The summed E-state index contributed by atoms with van der Waals surface area (Å²) in [5.41, 5.74) is 1.20. The third-order valence-electron chi connectivity index (χ3n) is 4.83. The molecule has 9 nitrogen and oxygen atoms in total. The molecule has 1 aromatic rings. The van der Waals surface area contributed by atoms with E-state index in [-0.39, 0.29) is 31.1 Å². The lowest BCUT2D eigenvalue weighted by Crippen LogP contribution is -2.29. The van der Waals surface area contributed by atoms with Gasteiger partial charge in [0.15, 0.2) is 0 Å². The second-order valence-electron chi connectivity index (χ2n) is 7.59. The van der Waals surface area contributed by atoms with Crippen LogP contribution in [-0.4, -0.2) is 77.2 Å². The minimum atomic E-state index is -1.03. The number of piperidine rings is 1. The smallest absolute Gasteiger partial charge is 0.306 e. The Hall–Kier alpha value is -2.59. The van der Waals surface area contributed by atoms with E-state index in [0.29, 0.717) is 24.8 Å². The van der Waals surface area contributed by atoms with E-state index in [0.717, 1.165) is 19.6 Å². The maximum atomic E-state index is 11.8. The lowest BCUT2D eigenvalue weighted by Gasteiger charge is -2.26. The molecule has 0 aromatic carbocycles. The average Bonchev–Trinajstić information content (AvgIpc) is 2.80.